The minimum Gasteiger partial charge on any atom is -0.430 e. The van der Waals surface area contributed by atoms with Crippen molar-refractivity contribution in [3.63, 3.8) is 0 Å². The maximum Gasteiger partial charge on any atom is 0.258 e. The van der Waals surface area contributed by atoms with Gasteiger partial charge in [0, 0.05) is 18.8 Å². The number of nitrogens with zero attached hydrogens (tertiary/aromatic N) is 3. The van der Waals surface area contributed by atoms with E-state index in [0.29, 0.717) is 28.2 Å². The van der Waals surface area contributed by atoms with Crippen LogP contribution >= 0.6 is 11.8 Å². The first kappa shape index (κ1) is 14.4. The molecular weight excluding hydrogens is 286 g/mol. The normalized spacial score (nSPS) is 19.1. The molecule has 3 heterocycles. The molecule has 0 unspecified atom stereocenters. The molecule has 1 saturated heterocycles. The molecule has 112 valence electrons. The van der Waals surface area contributed by atoms with Gasteiger partial charge >= 0.3 is 0 Å². The third kappa shape index (κ3) is 3.20. The first-order valence-electron chi connectivity index (χ1n) is 7.41. The van der Waals surface area contributed by atoms with Crippen molar-refractivity contribution in [3.8, 4) is 0 Å². The molecule has 2 aromatic heterocycles. The molecule has 0 saturated carbocycles. The molecule has 0 bridgehead atoms. The molecule has 1 aliphatic heterocycles. The lowest BCUT2D eigenvalue weighted by Gasteiger charge is -2.35. The summed E-state index contributed by atoms with van der Waals surface area (Å²) in [5.74, 6) is 0.560. The number of pyridine rings is 1. The first-order valence-corrected chi connectivity index (χ1v) is 8.40. The summed E-state index contributed by atoms with van der Waals surface area (Å²) in [6.07, 6.45) is 6.18. The number of carbonyl (C=O) groups excluding carboxylic acids is 1. The second-order valence-corrected chi connectivity index (χ2v) is 6.17. The zero-order valence-electron chi connectivity index (χ0n) is 12.1. The van der Waals surface area contributed by atoms with Crippen LogP contribution in [0.1, 0.15) is 32.6 Å². The number of oxazole rings is 1. The van der Waals surface area contributed by atoms with E-state index in [2.05, 4.69) is 16.9 Å². The molecule has 5 nitrogen and oxygen atoms in total. The van der Waals surface area contributed by atoms with Gasteiger partial charge in [-0.15, -0.1) is 0 Å². The zero-order chi connectivity index (χ0) is 14.7. The summed E-state index contributed by atoms with van der Waals surface area (Å²) in [7, 11) is 0. The second kappa shape index (κ2) is 6.47. The van der Waals surface area contributed by atoms with Gasteiger partial charge in [-0.1, -0.05) is 18.7 Å². The Balaban J connectivity index is 1.62. The summed E-state index contributed by atoms with van der Waals surface area (Å²) in [6.45, 7) is 3.03. The van der Waals surface area contributed by atoms with Crippen LogP contribution in [-0.4, -0.2) is 39.1 Å². The van der Waals surface area contributed by atoms with Crippen molar-refractivity contribution < 1.29 is 9.21 Å². The fourth-order valence-corrected chi connectivity index (χ4v) is 3.48. The highest BCUT2D eigenvalue weighted by atomic mass is 32.2. The van der Waals surface area contributed by atoms with Gasteiger partial charge in [0.05, 0.1) is 5.75 Å². The highest BCUT2D eigenvalue weighted by Gasteiger charge is 2.25. The summed E-state index contributed by atoms with van der Waals surface area (Å²) >= 11 is 1.35. The van der Waals surface area contributed by atoms with Gasteiger partial charge in [-0.3, -0.25) is 4.79 Å². The molecule has 2 aromatic rings. The minimum atomic E-state index is 0.182. The number of aromatic nitrogens is 2. The van der Waals surface area contributed by atoms with Crippen LogP contribution in [0.2, 0.25) is 0 Å². The predicted octanol–water partition coefficient (Wildman–Crippen LogP) is 3.11. The highest BCUT2D eigenvalue weighted by molar-refractivity contribution is 7.99. The topological polar surface area (TPSA) is 59.2 Å². The van der Waals surface area contributed by atoms with Crippen LogP contribution in [-0.2, 0) is 4.79 Å². The standard InChI is InChI=1S/C15H19N3O2S/c1-2-11-6-3-4-9-18(11)13(19)10-21-15-17-14-12(20-15)7-5-8-16-14/h5,7-8,11H,2-4,6,9-10H2,1H3/t11-/m0/s1. The molecule has 0 spiro atoms. The second-order valence-electron chi connectivity index (χ2n) is 5.24. The van der Waals surface area contributed by atoms with E-state index in [1.54, 1.807) is 6.20 Å². The molecule has 0 aromatic carbocycles. The SMILES string of the molecule is CC[C@H]1CCCCN1C(=O)CSc1nc2ncccc2o1. The molecule has 1 aliphatic rings. The Morgan fingerprint density at radius 3 is 3.24 bits per heavy atom. The van der Waals surface area contributed by atoms with E-state index in [1.165, 1.54) is 18.2 Å². The lowest BCUT2D eigenvalue weighted by Crippen LogP contribution is -2.44. The molecule has 1 fully saturated rings. The summed E-state index contributed by atoms with van der Waals surface area (Å²) < 4.78 is 5.58. The highest BCUT2D eigenvalue weighted by Crippen LogP contribution is 2.24. The number of rotatable bonds is 4. The zero-order valence-corrected chi connectivity index (χ0v) is 12.9. The maximum atomic E-state index is 12.4. The van der Waals surface area contributed by atoms with Crippen molar-refractivity contribution >= 4 is 28.9 Å². The van der Waals surface area contributed by atoms with E-state index in [9.17, 15) is 4.79 Å². The van der Waals surface area contributed by atoms with Crippen LogP contribution in [0.4, 0.5) is 0 Å². The van der Waals surface area contributed by atoms with Crippen LogP contribution in [0.15, 0.2) is 28.0 Å². The number of fused-ring (bicyclic) bond motifs is 1. The van der Waals surface area contributed by atoms with Crippen molar-refractivity contribution in [1.29, 1.82) is 0 Å². The lowest BCUT2D eigenvalue weighted by atomic mass is 10.0. The van der Waals surface area contributed by atoms with Gasteiger partial charge in [0.25, 0.3) is 5.22 Å². The smallest absolute Gasteiger partial charge is 0.258 e. The van der Waals surface area contributed by atoms with Gasteiger partial charge in [-0.25, -0.2) is 4.98 Å². The third-order valence-electron chi connectivity index (χ3n) is 3.88. The van der Waals surface area contributed by atoms with Gasteiger partial charge in [-0.2, -0.15) is 4.98 Å². The first-order chi connectivity index (χ1) is 10.3. The predicted molar refractivity (Wildman–Crippen MR) is 82.2 cm³/mol. The number of amides is 1. The van der Waals surface area contributed by atoms with Crippen molar-refractivity contribution in [2.24, 2.45) is 0 Å². The molecule has 21 heavy (non-hydrogen) atoms. The molecule has 0 N–H and O–H groups in total. The average molecular weight is 305 g/mol. The monoisotopic (exact) mass is 305 g/mol. The van der Waals surface area contributed by atoms with Gasteiger partial charge < -0.3 is 9.32 Å². The fourth-order valence-electron chi connectivity index (χ4n) is 2.77. The van der Waals surface area contributed by atoms with Gasteiger partial charge in [0.1, 0.15) is 0 Å². The van der Waals surface area contributed by atoms with Crippen molar-refractivity contribution in [1.82, 2.24) is 14.9 Å². The Morgan fingerprint density at radius 2 is 2.43 bits per heavy atom. The van der Waals surface area contributed by atoms with Crippen molar-refractivity contribution in [3.05, 3.63) is 18.3 Å². The molecule has 6 heteroatoms. The molecular formula is C15H19N3O2S. The van der Waals surface area contributed by atoms with Gasteiger partial charge in [-0.05, 0) is 37.8 Å². The molecule has 0 aliphatic carbocycles. The Hall–Kier alpha value is -1.56. The van der Waals surface area contributed by atoms with Crippen LogP contribution < -0.4 is 0 Å². The van der Waals surface area contributed by atoms with Crippen LogP contribution in [0.5, 0.6) is 0 Å². The Labute approximate surface area is 128 Å². The number of hydrogen-bond acceptors (Lipinski definition) is 5. The largest absolute Gasteiger partial charge is 0.430 e. The Kier molecular flexibility index (Phi) is 4.43. The fraction of sp³-hybridized carbons (Fsp3) is 0.533. The van der Waals surface area contributed by atoms with E-state index in [1.807, 2.05) is 17.0 Å². The van der Waals surface area contributed by atoms with E-state index in [4.69, 9.17) is 4.42 Å². The summed E-state index contributed by atoms with van der Waals surface area (Å²) in [4.78, 5) is 22.8. The average Bonchev–Trinajstić information content (AvgIpc) is 2.95. The van der Waals surface area contributed by atoms with Gasteiger partial charge in [0.2, 0.25) is 5.91 Å². The van der Waals surface area contributed by atoms with Crippen LogP contribution in [0.3, 0.4) is 0 Å². The summed E-state index contributed by atoms with van der Waals surface area (Å²) in [6, 6.07) is 4.04. The van der Waals surface area contributed by atoms with E-state index >= 15 is 0 Å². The Morgan fingerprint density at radius 1 is 1.52 bits per heavy atom. The van der Waals surface area contributed by atoms with E-state index in [0.717, 1.165) is 25.8 Å². The van der Waals surface area contributed by atoms with E-state index < -0.39 is 0 Å². The number of piperidine rings is 1. The maximum absolute atomic E-state index is 12.4. The number of likely N-dealkylation sites (tertiary alicyclic amines) is 1. The number of thioether (sulfide) groups is 1. The van der Waals surface area contributed by atoms with Crippen LogP contribution in [0.25, 0.3) is 11.2 Å². The summed E-state index contributed by atoms with van der Waals surface area (Å²) in [5.41, 5.74) is 1.26. The third-order valence-corrected chi connectivity index (χ3v) is 4.70. The lowest BCUT2D eigenvalue weighted by molar-refractivity contribution is -0.132. The summed E-state index contributed by atoms with van der Waals surface area (Å²) in [5, 5.41) is 0.516. The van der Waals surface area contributed by atoms with Gasteiger partial charge in [0.15, 0.2) is 11.2 Å². The van der Waals surface area contributed by atoms with Crippen molar-refractivity contribution in [2.45, 2.75) is 43.9 Å². The number of carbonyl (C=O) groups is 1. The molecule has 0 radical (unpaired) electrons. The molecule has 1 amide bonds. The Bertz CT molecular complexity index is 595. The van der Waals surface area contributed by atoms with E-state index in [-0.39, 0.29) is 5.91 Å². The number of hydrogen-bond donors (Lipinski definition) is 0. The quantitative estimate of drug-likeness (QED) is 0.812. The minimum absolute atomic E-state index is 0.182. The van der Waals surface area contributed by atoms with Crippen LogP contribution in [0, 0.1) is 0 Å². The van der Waals surface area contributed by atoms with Crippen molar-refractivity contribution in [2.75, 3.05) is 12.3 Å². The molecule has 3 rings (SSSR count). The molecule has 1 atom stereocenters.